The quantitative estimate of drug-likeness (QED) is 0.380. The van der Waals surface area contributed by atoms with Crippen LogP contribution in [0, 0.1) is 5.92 Å². The van der Waals surface area contributed by atoms with Crippen molar-refractivity contribution in [1.29, 1.82) is 0 Å². The lowest BCUT2D eigenvalue weighted by Gasteiger charge is -2.32. The van der Waals surface area contributed by atoms with E-state index in [2.05, 4.69) is 54.3 Å². The zero-order chi connectivity index (χ0) is 23.8. The fraction of sp³-hybridized carbons (Fsp3) is 0.320. The van der Waals surface area contributed by atoms with Crippen LogP contribution < -0.4 is 5.73 Å². The van der Waals surface area contributed by atoms with Crippen molar-refractivity contribution < 1.29 is 4.42 Å². The minimum absolute atomic E-state index is 0.271. The fourth-order valence-electron chi connectivity index (χ4n) is 4.95. The molecular formula is C25H27N9O. The molecule has 1 aliphatic rings. The van der Waals surface area contributed by atoms with E-state index in [0.717, 1.165) is 44.4 Å². The molecule has 6 rings (SSSR count). The third kappa shape index (κ3) is 3.95. The molecule has 10 nitrogen and oxygen atoms in total. The van der Waals surface area contributed by atoms with Crippen molar-refractivity contribution in [3.8, 4) is 11.6 Å². The Morgan fingerprint density at radius 1 is 1.06 bits per heavy atom. The average molecular weight is 470 g/mol. The molecule has 2 N–H and O–H groups in total. The van der Waals surface area contributed by atoms with Crippen LogP contribution in [-0.2, 0) is 6.54 Å². The number of anilines is 1. The molecule has 35 heavy (non-hydrogen) atoms. The van der Waals surface area contributed by atoms with Gasteiger partial charge in [0.1, 0.15) is 0 Å². The summed E-state index contributed by atoms with van der Waals surface area (Å²) in [5.41, 5.74) is 10.0. The number of fused-ring (bicyclic) bond motifs is 3. The first-order valence-electron chi connectivity index (χ1n) is 11.9. The minimum Gasteiger partial charge on any atom is -0.461 e. The maximum Gasteiger partial charge on any atom is 0.225 e. The summed E-state index contributed by atoms with van der Waals surface area (Å²) in [4.78, 5) is 16.3. The molecule has 0 spiro atoms. The molecular weight excluding hydrogens is 442 g/mol. The number of nitrogen functional groups attached to an aromatic ring is 1. The molecule has 1 aromatic carbocycles. The van der Waals surface area contributed by atoms with Gasteiger partial charge in [-0.1, -0.05) is 30.3 Å². The number of aromatic nitrogens is 6. The minimum atomic E-state index is 0.271. The summed E-state index contributed by atoms with van der Waals surface area (Å²) in [6.07, 6.45) is 5.58. The van der Waals surface area contributed by atoms with E-state index < -0.39 is 0 Å². The van der Waals surface area contributed by atoms with E-state index in [1.54, 1.807) is 18.5 Å². The maximum atomic E-state index is 6.22. The summed E-state index contributed by atoms with van der Waals surface area (Å²) >= 11 is 0. The van der Waals surface area contributed by atoms with Gasteiger partial charge in [0.05, 0.1) is 24.4 Å². The van der Waals surface area contributed by atoms with Crippen LogP contribution >= 0.6 is 0 Å². The number of aliphatic imine (C=N–C) groups is 1. The number of likely N-dealkylation sites (tertiary alicyclic amines) is 1. The SMILES string of the molecule is CN=C(c1ccccc1)C1CCN(CCn2ncc3c2nc(N)n2nc(-c4ccco4)nc32)CC1. The van der Waals surface area contributed by atoms with Crippen LogP contribution in [0.15, 0.2) is 64.3 Å². The Bertz CT molecular complexity index is 1480. The first-order chi connectivity index (χ1) is 17.2. The van der Waals surface area contributed by atoms with Crippen LogP contribution in [0.4, 0.5) is 5.95 Å². The number of nitrogens with two attached hydrogens (primary N) is 1. The highest BCUT2D eigenvalue weighted by Gasteiger charge is 2.24. The van der Waals surface area contributed by atoms with Crippen LogP contribution in [0.2, 0.25) is 0 Å². The van der Waals surface area contributed by atoms with E-state index in [4.69, 9.17) is 10.2 Å². The van der Waals surface area contributed by atoms with E-state index in [0.29, 0.717) is 28.8 Å². The zero-order valence-corrected chi connectivity index (χ0v) is 19.6. The second kappa shape index (κ2) is 8.95. The van der Waals surface area contributed by atoms with Gasteiger partial charge >= 0.3 is 0 Å². The van der Waals surface area contributed by atoms with Gasteiger partial charge in [0.25, 0.3) is 0 Å². The van der Waals surface area contributed by atoms with Crippen molar-refractivity contribution in [3.63, 3.8) is 0 Å². The molecule has 5 heterocycles. The maximum absolute atomic E-state index is 6.22. The monoisotopic (exact) mass is 469 g/mol. The summed E-state index contributed by atoms with van der Waals surface area (Å²) in [5.74, 6) is 1.82. The molecule has 0 amide bonds. The normalized spacial score (nSPS) is 16.0. The Kier molecular flexibility index (Phi) is 5.49. The number of hydrogen-bond donors (Lipinski definition) is 1. The molecule has 0 bridgehead atoms. The molecule has 4 aromatic heterocycles. The van der Waals surface area contributed by atoms with E-state index in [1.807, 2.05) is 23.9 Å². The number of hydrogen-bond acceptors (Lipinski definition) is 8. The molecule has 10 heteroatoms. The third-order valence-corrected chi connectivity index (χ3v) is 6.75. The predicted octanol–water partition coefficient (Wildman–Crippen LogP) is 3.15. The molecule has 0 saturated carbocycles. The molecule has 1 saturated heterocycles. The standard InChI is InChI=1S/C25H27N9O/c1-27-21(17-6-3-2-4-7-17)18-9-11-32(12-10-18)13-14-33-23-19(16-28-33)24-29-22(20-8-5-15-35-20)31-34(24)25(26)30-23/h2-8,15-16,18H,9-14H2,1H3,(H2,26,30). The Balaban J connectivity index is 1.15. The molecule has 0 radical (unpaired) electrons. The topological polar surface area (TPSA) is 116 Å². The Labute approximate surface area is 202 Å². The second-order valence-corrected chi connectivity index (χ2v) is 8.81. The lowest BCUT2D eigenvalue weighted by molar-refractivity contribution is 0.201. The molecule has 0 unspecified atom stereocenters. The van der Waals surface area contributed by atoms with Crippen molar-refractivity contribution in [2.75, 3.05) is 32.4 Å². The summed E-state index contributed by atoms with van der Waals surface area (Å²) in [7, 11) is 1.90. The van der Waals surface area contributed by atoms with Gasteiger partial charge in [0.2, 0.25) is 11.8 Å². The van der Waals surface area contributed by atoms with E-state index in [-0.39, 0.29) is 5.95 Å². The van der Waals surface area contributed by atoms with Gasteiger partial charge in [0.15, 0.2) is 17.1 Å². The number of furan rings is 1. The van der Waals surface area contributed by atoms with Crippen LogP contribution in [0.5, 0.6) is 0 Å². The Morgan fingerprint density at radius 2 is 1.89 bits per heavy atom. The summed E-state index contributed by atoms with van der Waals surface area (Å²) in [6.45, 7) is 3.69. The fourth-order valence-corrected chi connectivity index (χ4v) is 4.95. The van der Waals surface area contributed by atoms with Gasteiger partial charge < -0.3 is 15.1 Å². The number of nitrogens with zero attached hydrogens (tertiary/aromatic N) is 8. The highest BCUT2D eigenvalue weighted by molar-refractivity contribution is 6.02. The molecule has 178 valence electrons. The van der Waals surface area contributed by atoms with Gasteiger partial charge in [0, 0.05) is 25.2 Å². The Morgan fingerprint density at radius 3 is 2.63 bits per heavy atom. The summed E-state index contributed by atoms with van der Waals surface area (Å²) in [6, 6.07) is 14.1. The van der Waals surface area contributed by atoms with Gasteiger partial charge in [-0.15, -0.1) is 5.10 Å². The second-order valence-electron chi connectivity index (χ2n) is 8.81. The summed E-state index contributed by atoms with van der Waals surface area (Å²) in [5, 5.41) is 9.86. The smallest absolute Gasteiger partial charge is 0.225 e. The van der Waals surface area contributed by atoms with E-state index in [9.17, 15) is 0 Å². The average Bonchev–Trinajstić information content (AvgIpc) is 3.64. The number of rotatable bonds is 6. The largest absolute Gasteiger partial charge is 0.461 e. The molecule has 1 aliphatic heterocycles. The van der Waals surface area contributed by atoms with Gasteiger partial charge in [-0.05, 0) is 43.6 Å². The van der Waals surface area contributed by atoms with Crippen LogP contribution in [0.25, 0.3) is 28.3 Å². The van der Waals surface area contributed by atoms with Crippen molar-refractivity contribution in [1.82, 2.24) is 34.3 Å². The first kappa shape index (κ1) is 21.5. The van der Waals surface area contributed by atoms with Crippen molar-refractivity contribution in [2.24, 2.45) is 10.9 Å². The molecule has 5 aromatic rings. The van der Waals surface area contributed by atoms with Crippen molar-refractivity contribution in [2.45, 2.75) is 19.4 Å². The van der Waals surface area contributed by atoms with Crippen LogP contribution in [0.3, 0.4) is 0 Å². The van der Waals surface area contributed by atoms with Crippen molar-refractivity contribution in [3.05, 3.63) is 60.5 Å². The molecule has 0 aliphatic carbocycles. The highest BCUT2D eigenvalue weighted by Crippen LogP contribution is 2.25. The van der Waals surface area contributed by atoms with Gasteiger partial charge in [-0.3, -0.25) is 4.99 Å². The van der Waals surface area contributed by atoms with E-state index >= 15 is 0 Å². The zero-order valence-electron chi connectivity index (χ0n) is 19.6. The molecule has 0 atom stereocenters. The summed E-state index contributed by atoms with van der Waals surface area (Å²) < 4.78 is 8.88. The number of benzene rings is 1. The highest BCUT2D eigenvalue weighted by atomic mass is 16.3. The lowest BCUT2D eigenvalue weighted by Crippen LogP contribution is -2.38. The predicted molar refractivity (Wildman–Crippen MR) is 134 cm³/mol. The van der Waals surface area contributed by atoms with Crippen molar-refractivity contribution >= 4 is 28.3 Å². The lowest BCUT2D eigenvalue weighted by atomic mass is 9.88. The molecule has 1 fully saturated rings. The first-order valence-corrected chi connectivity index (χ1v) is 11.9. The Hall–Kier alpha value is -4.05. The van der Waals surface area contributed by atoms with Gasteiger partial charge in [-0.25, -0.2) is 9.67 Å². The van der Waals surface area contributed by atoms with Crippen LogP contribution in [-0.4, -0.2) is 66.7 Å². The number of piperidine rings is 1. The third-order valence-electron chi connectivity index (χ3n) is 6.75. The van der Waals surface area contributed by atoms with E-state index in [1.165, 1.54) is 15.8 Å². The van der Waals surface area contributed by atoms with Gasteiger partial charge in [-0.2, -0.15) is 14.6 Å². The van der Waals surface area contributed by atoms with Crippen LogP contribution in [0.1, 0.15) is 18.4 Å².